The topological polar surface area (TPSA) is 119 Å². The molecule has 0 radical (unpaired) electrons. The van der Waals surface area contributed by atoms with Crippen LogP contribution in [0.3, 0.4) is 0 Å². The van der Waals surface area contributed by atoms with Gasteiger partial charge in [0.1, 0.15) is 0 Å². The maximum Gasteiger partial charge on any atom is 0 e. The Bertz CT molecular complexity index is 32.4. The molecule has 0 aromatic heterocycles. The van der Waals surface area contributed by atoms with Crippen LogP contribution in [-0.2, 0) is 21.1 Å². The van der Waals surface area contributed by atoms with Gasteiger partial charge in [-0.05, 0) is 0 Å². The van der Waals surface area contributed by atoms with Crippen LogP contribution in [0, 0.1) is 6.92 Å². The van der Waals surface area contributed by atoms with Gasteiger partial charge in [-0.15, -0.1) is 0 Å². The first kappa shape index (κ1) is 23.4. The second kappa shape index (κ2) is 39.2. The van der Waals surface area contributed by atoms with E-state index in [1.807, 2.05) is 0 Å². The molecule has 84 valence electrons. The predicted molar refractivity (Wildman–Crippen MR) is 55.9 cm³/mol. The summed E-state index contributed by atoms with van der Waals surface area (Å²) in [5.74, 6) is 0. The van der Waals surface area contributed by atoms with Gasteiger partial charge in [0.2, 0.25) is 0 Å². The van der Waals surface area contributed by atoms with Gasteiger partial charge in [0.05, 0.1) is 0 Å². The molecule has 13 heavy (non-hydrogen) atoms. The van der Waals surface area contributed by atoms with E-state index in [0.29, 0.717) is 6.54 Å². The Hall–Kier alpha value is 0.488. The Morgan fingerprint density at radius 2 is 0.769 bits per heavy atom. The van der Waals surface area contributed by atoms with Crippen molar-refractivity contribution in [3.63, 3.8) is 0 Å². The van der Waals surface area contributed by atoms with Crippen molar-refractivity contribution < 1.29 is 21.1 Å². The van der Waals surface area contributed by atoms with Crippen molar-refractivity contribution >= 4 is 0 Å². The van der Waals surface area contributed by atoms with Gasteiger partial charge in [0.15, 0.2) is 0 Å². The van der Waals surface area contributed by atoms with Crippen LogP contribution in [0.1, 0.15) is 6.42 Å². The number of rotatable bonds is 3. The van der Waals surface area contributed by atoms with Crippen LogP contribution in [0.5, 0.6) is 0 Å². The molecular weight excluding hydrogens is 250 g/mol. The molecule has 0 atom stereocenters. The maximum atomic E-state index is 6.39. The van der Waals surface area contributed by atoms with Crippen molar-refractivity contribution in [1.82, 2.24) is 0 Å². The standard InChI is InChI=1S/C3H7N.2C2H6N2.Mo/c1-2-3-4;2*3-1-2-4;/h4H,1-3H2;2*3-4H,1-2H2;/q3*-2;. The summed E-state index contributed by atoms with van der Waals surface area (Å²) in [5, 5.41) is 0. The van der Waals surface area contributed by atoms with Crippen LogP contribution < -0.4 is 0 Å². The van der Waals surface area contributed by atoms with Crippen LogP contribution in [-0.4, -0.2) is 32.7 Å². The largest absolute Gasteiger partial charge is 0.679 e. The third kappa shape index (κ3) is 113. The van der Waals surface area contributed by atoms with Crippen LogP contribution >= 0.6 is 0 Å². The fourth-order valence-corrected chi connectivity index (χ4v) is 0. The molecule has 0 aliphatic heterocycles. The third-order valence-corrected chi connectivity index (χ3v) is 0.427. The SMILES string of the molecule is [CH2-]CC[NH-].[Mo].[NH-]CC[NH-].[NH-]CC[NH-]. The van der Waals surface area contributed by atoms with E-state index < -0.39 is 0 Å². The van der Waals surface area contributed by atoms with Gasteiger partial charge in [0, 0.05) is 21.1 Å². The molecule has 0 unspecified atom stereocenters. The predicted octanol–water partition coefficient (Wildman–Crippen LogP) is 3.44. The summed E-state index contributed by atoms with van der Waals surface area (Å²) in [6.07, 6.45) is 0.736. The zero-order valence-corrected chi connectivity index (χ0v) is 9.86. The fourth-order valence-electron chi connectivity index (χ4n) is 0. The van der Waals surface area contributed by atoms with Crippen molar-refractivity contribution in [1.29, 1.82) is 0 Å². The van der Waals surface area contributed by atoms with E-state index in [0.717, 1.165) is 6.42 Å². The summed E-state index contributed by atoms with van der Waals surface area (Å²) in [7, 11) is 0. The molecular formula is C7H19MoN5-6. The zero-order valence-electron chi connectivity index (χ0n) is 7.86. The molecule has 0 saturated heterocycles. The minimum absolute atomic E-state index is 0. The monoisotopic (exact) mass is 271 g/mol. The second-order valence-electron chi connectivity index (χ2n) is 1.60. The zero-order chi connectivity index (χ0) is 10.2. The first-order valence-electron chi connectivity index (χ1n) is 3.77. The minimum Gasteiger partial charge on any atom is -0.679 e. The summed E-state index contributed by atoms with van der Waals surface area (Å²) >= 11 is 0. The molecule has 0 heterocycles. The van der Waals surface area contributed by atoms with E-state index in [1.165, 1.54) is 0 Å². The van der Waals surface area contributed by atoms with E-state index in [2.05, 4.69) is 6.92 Å². The van der Waals surface area contributed by atoms with E-state index in [9.17, 15) is 0 Å². The van der Waals surface area contributed by atoms with Gasteiger partial charge in [-0.3, -0.25) is 0 Å². The molecule has 5 N–H and O–H groups in total. The number of nitrogens with one attached hydrogen (secondary N) is 5. The van der Waals surface area contributed by atoms with Gasteiger partial charge in [-0.25, -0.2) is 6.42 Å². The van der Waals surface area contributed by atoms with E-state index in [1.54, 1.807) is 0 Å². The van der Waals surface area contributed by atoms with Crippen molar-refractivity contribution in [2.45, 2.75) is 6.42 Å². The second-order valence-corrected chi connectivity index (χ2v) is 1.60. The summed E-state index contributed by atoms with van der Waals surface area (Å²) in [4.78, 5) is 0. The van der Waals surface area contributed by atoms with Crippen LogP contribution in [0.25, 0.3) is 28.7 Å². The average Bonchev–Trinajstić information content (AvgIpc) is 2.18. The van der Waals surface area contributed by atoms with Gasteiger partial charge in [-0.2, -0.15) is 32.7 Å². The van der Waals surface area contributed by atoms with Crippen LogP contribution in [0.2, 0.25) is 0 Å². The molecule has 0 bridgehead atoms. The van der Waals surface area contributed by atoms with Gasteiger partial charge in [-0.1, -0.05) is 0 Å². The summed E-state index contributed by atoms with van der Waals surface area (Å²) in [6, 6.07) is 0. The van der Waals surface area contributed by atoms with Crippen molar-refractivity contribution in [2.75, 3.05) is 32.7 Å². The molecule has 0 amide bonds. The molecule has 0 saturated carbocycles. The Morgan fingerprint density at radius 1 is 0.615 bits per heavy atom. The van der Waals surface area contributed by atoms with E-state index >= 15 is 0 Å². The van der Waals surface area contributed by atoms with Crippen LogP contribution in [0.15, 0.2) is 0 Å². The van der Waals surface area contributed by atoms with Crippen molar-refractivity contribution in [3.8, 4) is 0 Å². The van der Waals surface area contributed by atoms with Crippen LogP contribution in [0.4, 0.5) is 0 Å². The number of hydrogen-bond acceptors (Lipinski definition) is 0. The molecule has 0 aromatic carbocycles. The van der Waals surface area contributed by atoms with Crippen molar-refractivity contribution in [3.05, 3.63) is 35.6 Å². The Balaban J connectivity index is -0.0000000450. The maximum absolute atomic E-state index is 6.39. The van der Waals surface area contributed by atoms with Gasteiger partial charge >= 0.3 is 0 Å². The first-order valence-corrected chi connectivity index (χ1v) is 3.77. The molecule has 0 aliphatic rings. The average molecular weight is 269 g/mol. The molecule has 0 aliphatic carbocycles. The van der Waals surface area contributed by atoms with E-state index in [4.69, 9.17) is 28.7 Å². The summed E-state index contributed by atoms with van der Waals surface area (Å²) < 4.78 is 0. The van der Waals surface area contributed by atoms with Gasteiger partial charge < -0.3 is 35.6 Å². The smallest absolute Gasteiger partial charge is 0 e. The first-order chi connectivity index (χ1) is 5.74. The normalized spacial score (nSPS) is 6.92. The summed E-state index contributed by atoms with van der Waals surface area (Å²) in [5.41, 5.74) is 31.4. The quantitative estimate of drug-likeness (QED) is 0.550. The molecule has 0 rings (SSSR count). The Kier molecular flexibility index (Phi) is 70.4. The van der Waals surface area contributed by atoms with Crippen molar-refractivity contribution in [2.24, 2.45) is 0 Å². The minimum atomic E-state index is 0. The molecule has 0 spiro atoms. The van der Waals surface area contributed by atoms with E-state index in [-0.39, 0.29) is 47.2 Å². The molecule has 0 aromatic rings. The molecule has 5 nitrogen and oxygen atoms in total. The van der Waals surface area contributed by atoms with Gasteiger partial charge in [0.25, 0.3) is 0 Å². The summed E-state index contributed by atoms with van der Waals surface area (Å²) in [6.45, 7) is 4.82. The Morgan fingerprint density at radius 3 is 0.769 bits per heavy atom. The fraction of sp³-hybridized carbons (Fsp3) is 0.857. The Labute approximate surface area is 96.0 Å². The number of hydrogen-bond donors (Lipinski definition) is 0. The third-order valence-electron chi connectivity index (χ3n) is 0.427. The molecule has 6 heteroatoms. The molecule has 0 fully saturated rings.